The van der Waals surface area contributed by atoms with Gasteiger partial charge in [0, 0.05) is 30.9 Å². The number of fused-ring (bicyclic) bond motifs is 1. The van der Waals surface area contributed by atoms with Crippen LogP contribution in [0.4, 0.5) is 0 Å². The fraction of sp³-hybridized carbons (Fsp3) is 0.526. The van der Waals surface area contributed by atoms with Crippen LogP contribution in [0.1, 0.15) is 28.1 Å². The highest BCUT2D eigenvalue weighted by Crippen LogP contribution is 2.33. The highest BCUT2D eigenvalue weighted by molar-refractivity contribution is 5.48. The van der Waals surface area contributed by atoms with Crippen molar-refractivity contribution in [2.75, 3.05) is 27.4 Å². The molecule has 6 nitrogen and oxygen atoms in total. The average Bonchev–Trinajstić information content (AvgIpc) is 2.88. The van der Waals surface area contributed by atoms with E-state index in [1.54, 1.807) is 14.2 Å². The van der Waals surface area contributed by atoms with Gasteiger partial charge in [-0.3, -0.25) is 9.58 Å². The van der Waals surface area contributed by atoms with E-state index in [9.17, 15) is 5.11 Å². The van der Waals surface area contributed by atoms with Gasteiger partial charge in [0.2, 0.25) is 0 Å². The molecule has 0 saturated heterocycles. The minimum Gasteiger partial charge on any atom is -0.493 e. The number of aromatic nitrogens is 2. The lowest BCUT2D eigenvalue weighted by Gasteiger charge is -2.29. The molecule has 25 heavy (non-hydrogen) atoms. The standard InChI is InChI=1S/C19H27N3O3/c1-13-17(14(2)22(20-13)7-8-23)12-21-6-5-15-9-18(24-3)19(25-4)10-16(15)11-21/h9-10,23H,5-8,11-12H2,1-4H3. The van der Waals surface area contributed by atoms with Gasteiger partial charge in [-0.15, -0.1) is 0 Å². The first-order valence-electron chi connectivity index (χ1n) is 8.67. The van der Waals surface area contributed by atoms with E-state index in [2.05, 4.69) is 29.1 Å². The quantitative estimate of drug-likeness (QED) is 0.868. The maximum atomic E-state index is 9.17. The Morgan fingerprint density at radius 1 is 1.12 bits per heavy atom. The number of nitrogens with zero attached hydrogens (tertiary/aromatic N) is 3. The molecule has 1 N–H and O–H groups in total. The van der Waals surface area contributed by atoms with Gasteiger partial charge >= 0.3 is 0 Å². The van der Waals surface area contributed by atoms with Crippen LogP contribution in [-0.4, -0.2) is 47.2 Å². The van der Waals surface area contributed by atoms with Crippen molar-refractivity contribution >= 4 is 0 Å². The molecule has 0 spiro atoms. The lowest BCUT2D eigenvalue weighted by molar-refractivity contribution is 0.242. The second kappa shape index (κ2) is 7.45. The summed E-state index contributed by atoms with van der Waals surface area (Å²) in [5.74, 6) is 1.58. The maximum Gasteiger partial charge on any atom is 0.161 e. The minimum absolute atomic E-state index is 0.111. The Hall–Kier alpha value is -2.05. The Balaban J connectivity index is 1.79. The molecule has 1 aliphatic heterocycles. The molecule has 1 aromatic carbocycles. The molecule has 6 heteroatoms. The first-order valence-corrected chi connectivity index (χ1v) is 8.67. The molecule has 3 rings (SSSR count). The normalized spacial score (nSPS) is 14.4. The van der Waals surface area contributed by atoms with Gasteiger partial charge in [0.15, 0.2) is 11.5 Å². The first-order chi connectivity index (χ1) is 12.1. The summed E-state index contributed by atoms with van der Waals surface area (Å²) < 4.78 is 12.8. The summed E-state index contributed by atoms with van der Waals surface area (Å²) in [7, 11) is 3.35. The van der Waals surface area contributed by atoms with Crippen LogP contribution in [0, 0.1) is 13.8 Å². The van der Waals surface area contributed by atoms with Gasteiger partial charge in [-0.1, -0.05) is 0 Å². The van der Waals surface area contributed by atoms with Gasteiger partial charge in [0.1, 0.15) is 0 Å². The molecule has 2 aromatic rings. The number of hydrogen-bond acceptors (Lipinski definition) is 5. The molecule has 0 atom stereocenters. The van der Waals surface area contributed by atoms with Gasteiger partial charge in [-0.05, 0) is 43.5 Å². The first kappa shape index (κ1) is 17.8. The summed E-state index contributed by atoms with van der Waals surface area (Å²) in [6, 6.07) is 4.19. The SMILES string of the molecule is COc1cc2c(cc1OC)CN(Cc1c(C)nn(CCO)c1C)CC2. The van der Waals surface area contributed by atoms with Gasteiger partial charge in [0.25, 0.3) is 0 Å². The van der Waals surface area contributed by atoms with Crippen LogP contribution in [-0.2, 0) is 26.1 Å². The minimum atomic E-state index is 0.111. The number of methoxy groups -OCH3 is 2. The van der Waals surface area contributed by atoms with Gasteiger partial charge in [-0.25, -0.2) is 0 Å². The Morgan fingerprint density at radius 3 is 2.44 bits per heavy atom. The molecular formula is C19H27N3O3. The van der Waals surface area contributed by atoms with Crippen molar-refractivity contribution in [2.24, 2.45) is 0 Å². The predicted molar refractivity (Wildman–Crippen MR) is 96.2 cm³/mol. The second-order valence-electron chi connectivity index (χ2n) is 6.53. The fourth-order valence-corrected chi connectivity index (χ4v) is 3.58. The highest BCUT2D eigenvalue weighted by Gasteiger charge is 2.22. The Labute approximate surface area is 149 Å². The molecule has 0 fully saturated rings. The summed E-state index contributed by atoms with van der Waals surface area (Å²) in [5.41, 5.74) is 6.08. The smallest absolute Gasteiger partial charge is 0.161 e. The van der Waals surface area contributed by atoms with E-state index in [-0.39, 0.29) is 6.61 Å². The van der Waals surface area contributed by atoms with Crippen LogP contribution in [0.15, 0.2) is 12.1 Å². The third-order valence-electron chi connectivity index (χ3n) is 5.02. The fourth-order valence-electron chi connectivity index (χ4n) is 3.58. The Bertz CT molecular complexity index is 755. The zero-order chi connectivity index (χ0) is 18.0. The lowest BCUT2D eigenvalue weighted by Crippen LogP contribution is -2.30. The van der Waals surface area contributed by atoms with Crippen LogP contribution < -0.4 is 9.47 Å². The van der Waals surface area contributed by atoms with Gasteiger partial charge in [-0.2, -0.15) is 5.10 Å². The summed E-state index contributed by atoms with van der Waals surface area (Å²) in [4.78, 5) is 2.44. The summed E-state index contributed by atoms with van der Waals surface area (Å²) in [5, 5.41) is 13.7. The molecule has 0 aliphatic carbocycles. The topological polar surface area (TPSA) is 59.8 Å². The number of aliphatic hydroxyl groups excluding tert-OH is 1. The van der Waals surface area contributed by atoms with Crippen molar-refractivity contribution in [3.8, 4) is 11.5 Å². The number of ether oxygens (including phenoxy) is 2. The number of benzene rings is 1. The summed E-state index contributed by atoms with van der Waals surface area (Å²) in [6.07, 6.45) is 0.999. The molecule has 136 valence electrons. The molecule has 0 unspecified atom stereocenters. The number of aryl methyl sites for hydroxylation is 1. The monoisotopic (exact) mass is 345 g/mol. The van der Waals surface area contributed by atoms with E-state index >= 15 is 0 Å². The molecule has 0 amide bonds. The maximum absolute atomic E-state index is 9.17. The molecule has 0 radical (unpaired) electrons. The van der Waals surface area contributed by atoms with E-state index in [0.717, 1.165) is 48.9 Å². The van der Waals surface area contributed by atoms with Crippen molar-refractivity contribution in [3.63, 3.8) is 0 Å². The van der Waals surface area contributed by atoms with E-state index in [4.69, 9.17) is 9.47 Å². The van der Waals surface area contributed by atoms with E-state index in [1.807, 2.05) is 11.6 Å². The van der Waals surface area contributed by atoms with Crippen molar-refractivity contribution in [2.45, 2.75) is 39.9 Å². The third-order valence-corrected chi connectivity index (χ3v) is 5.02. The van der Waals surface area contributed by atoms with E-state index in [1.165, 1.54) is 16.7 Å². The van der Waals surface area contributed by atoms with Crippen LogP contribution in [0.25, 0.3) is 0 Å². The Kier molecular flexibility index (Phi) is 5.30. The largest absolute Gasteiger partial charge is 0.493 e. The molecule has 0 saturated carbocycles. The third kappa shape index (κ3) is 3.50. The van der Waals surface area contributed by atoms with Crippen molar-refractivity contribution in [1.82, 2.24) is 14.7 Å². The number of hydrogen-bond donors (Lipinski definition) is 1. The van der Waals surface area contributed by atoms with Crippen molar-refractivity contribution < 1.29 is 14.6 Å². The van der Waals surface area contributed by atoms with Crippen LogP contribution in [0.3, 0.4) is 0 Å². The summed E-state index contributed by atoms with van der Waals surface area (Å²) >= 11 is 0. The zero-order valence-corrected chi connectivity index (χ0v) is 15.5. The van der Waals surface area contributed by atoms with E-state index in [0.29, 0.717) is 6.54 Å². The van der Waals surface area contributed by atoms with E-state index < -0.39 is 0 Å². The van der Waals surface area contributed by atoms with Crippen molar-refractivity contribution in [3.05, 3.63) is 40.2 Å². The van der Waals surface area contributed by atoms with Crippen LogP contribution >= 0.6 is 0 Å². The molecule has 1 aromatic heterocycles. The van der Waals surface area contributed by atoms with Crippen LogP contribution in [0.5, 0.6) is 11.5 Å². The molecular weight excluding hydrogens is 318 g/mol. The predicted octanol–water partition coefficient (Wildman–Crippen LogP) is 2.07. The zero-order valence-electron chi connectivity index (χ0n) is 15.5. The van der Waals surface area contributed by atoms with Crippen molar-refractivity contribution in [1.29, 1.82) is 0 Å². The molecule has 2 heterocycles. The lowest BCUT2D eigenvalue weighted by atomic mass is 9.98. The molecule has 1 aliphatic rings. The van der Waals surface area contributed by atoms with Gasteiger partial charge in [0.05, 0.1) is 33.1 Å². The highest BCUT2D eigenvalue weighted by atomic mass is 16.5. The second-order valence-corrected chi connectivity index (χ2v) is 6.53. The number of rotatable bonds is 6. The summed E-state index contributed by atoms with van der Waals surface area (Å²) in [6.45, 7) is 7.55. The Morgan fingerprint density at radius 2 is 1.80 bits per heavy atom. The number of aliphatic hydroxyl groups is 1. The molecule has 0 bridgehead atoms. The average molecular weight is 345 g/mol. The van der Waals surface area contributed by atoms with Gasteiger partial charge < -0.3 is 14.6 Å². The van der Waals surface area contributed by atoms with Crippen LogP contribution in [0.2, 0.25) is 0 Å².